The smallest absolute Gasteiger partial charge is 0.0565 e. The summed E-state index contributed by atoms with van der Waals surface area (Å²) >= 11 is 0. The lowest BCUT2D eigenvalue weighted by Crippen LogP contribution is -2.41. The summed E-state index contributed by atoms with van der Waals surface area (Å²) in [5, 5.41) is 8.12. The number of hydrogen-bond donors (Lipinski definition) is 1. The minimum absolute atomic E-state index is 0.639. The highest BCUT2D eigenvalue weighted by Gasteiger charge is 2.27. The predicted molar refractivity (Wildman–Crippen MR) is 103 cm³/mol. The molecule has 136 valence electrons. The molecule has 1 N–H and O–H groups in total. The van der Waals surface area contributed by atoms with Gasteiger partial charge in [-0.3, -0.25) is 5.10 Å². The molecule has 1 aliphatic carbocycles. The molecule has 0 atom stereocenters. The fourth-order valence-corrected chi connectivity index (χ4v) is 4.88. The summed E-state index contributed by atoms with van der Waals surface area (Å²) in [5.41, 5.74) is 4.43. The zero-order chi connectivity index (χ0) is 17.3. The van der Waals surface area contributed by atoms with Crippen LogP contribution in [0.15, 0.2) is 30.9 Å². The molecular formula is C21H26N5-. The molecule has 0 spiro atoms. The molecule has 2 fully saturated rings. The topological polar surface area (TPSA) is 58.9 Å². The minimum atomic E-state index is 0.639. The number of rotatable bonds is 3. The van der Waals surface area contributed by atoms with E-state index in [9.17, 15) is 0 Å². The Morgan fingerprint density at radius 1 is 1.04 bits per heavy atom. The van der Waals surface area contributed by atoms with Gasteiger partial charge in [0.1, 0.15) is 0 Å². The Labute approximate surface area is 154 Å². The largest absolute Gasteiger partial charge is 0.442 e. The van der Waals surface area contributed by atoms with E-state index in [2.05, 4.69) is 37.3 Å². The lowest BCUT2D eigenvalue weighted by Gasteiger charge is -2.39. The zero-order valence-corrected chi connectivity index (χ0v) is 15.2. The van der Waals surface area contributed by atoms with Gasteiger partial charge in [-0.25, -0.2) is 0 Å². The van der Waals surface area contributed by atoms with Crippen LogP contribution >= 0.6 is 0 Å². The Bertz CT molecular complexity index is 852. The zero-order valence-electron chi connectivity index (χ0n) is 15.2. The maximum atomic E-state index is 4.64. The molecule has 4 heterocycles. The van der Waals surface area contributed by atoms with E-state index in [1.54, 1.807) is 0 Å². The van der Waals surface area contributed by atoms with Crippen LogP contribution in [0.4, 0.5) is 0 Å². The van der Waals surface area contributed by atoms with Gasteiger partial charge in [0, 0.05) is 17.8 Å². The number of hydrogen-bond acceptors (Lipinski definition) is 3. The Balaban J connectivity index is 1.34. The Morgan fingerprint density at radius 3 is 2.65 bits per heavy atom. The predicted octanol–water partition coefficient (Wildman–Crippen LogP) is 4.09. The summed E-state index contributed by atoms with van der Waals surface area (Å²) < 4.78 is 0. The fourth-order valence-electron chi connectivity index (χ4n) is 4.88. The number of aromatic amines is 1. The monoisotopic (exact) mass is 348 g/mol. The van der Waals surface area contributed by atoms with Crippen molar-refractivity contribution in [1.82, 2.24) is 25.1 Å². The Hall–Kier alpha value is -2.14. The number of aromatic nitrogens is 4. The summed E-state index contributed by atoms with van der Waals surface area (Å²) in [7, 11) is 0. The molecule has 0 radical (unpaired) electrons. The first-order valence-corrected chi connectivity index (χ1v) is 10.0. The van der Waals surface area contributed by atoms with Crippen LogP contribution < -0.4 is 4.98 Å². The van der Waals surface area contributed by atoms with Gasteiger partial charge >= 0.3 is 0 Å². The Morgan fingerprint density at radius 2 is 1.88 bits per heavy atom. The molecule has 0 unspecified atom stereocenters. The summed E-state index contributed by atoms with van der Waals surface area (Å²) in [6.45, 7) is 2.63. The summed E-state index contributed by atoms with van der Waals surface area (Å²) in [4.78, 5) is 11.9. The SMILES string of the molecule is c1n[nH]cc1-c1c[n-]c2ncc(C3CCC(N4CCCCC4)CC3)cc12. The molecule has 1 saturated heterocycles. The first kappa shape index (κ1) is 16.1. The van der Waals surface area contributed by atoms with Crippen molar-refractivity contribution in [2.75, 3.05) is 13.1 Å². The van der Waals surface area contributed by atoms with Crippen LogP contribution in [0.3, 0.4) is 0 Å². The van der Waals surface area contributed by atoms with E-state index in [0.717, 1.165) is 28.2 Å². The van der Waals surface area contributed by atoms with Gasteiger partial charge in [0.05, 0.1) is 6.20 Å². The molecular weight excluding hydrogens is 322 g/mol. The number of pyridine rings is 1. The van der Waals surface area contributed by atoms with Gasteiger partial charge in [0.15, 0.2) is 0 Å². The van der Waals surface area contributed by atoms with Crippen molar-refractivity contribution in [2.24, 2.45) is 0 Å². The van der Waals surface area contributed by atoms with Crippen molar-refractivity contribution in [3.63, 3.8) is 0 Å². The first-order valence-electron chi connectivity index (χ1n) is 10.0. The lowest BCUT2D eigenvalue weighted by molar-refractivity contribution is 0.125. The molecule has 3 aromatic heterocycles. The normalized spacial score (nSPS) is 24.9. The van der Waals surface area contributed by atoms with Crippen LogP contribution in [-0.2, 0) is 0 Å². The molecule has 5 heteroatoms. The maximum Gasteiger partial charge on any atom is 0.0565 e. The highest BCUT2D eigenvalue weighted by molar-refractivity contribution is 5.93. The minimum Gasteiger partial charge on any atom is -0.442 e. The van der Waals surface area contributed by atoms with Crippen LogP contribution in [0.2, 0.25) is 0 Å². The van der Waals surface area contributed by atoms with E-state index in [1.807, 2.05) is 18.6 Å². The number of nitrogens with one attached hydrogen (secondary N) is 1. The molecule has 0 bridgehead atoms. The molecule has 0 amide bonds. The second kappa shape index (κ2) is 6.88. The van der Waals surface area contributed by atoms with E-state index < -0.39 is 0 Å². The van der Waals surface area contributed by atoms with Crippen LogP contribution in [0.25, 0.3) is 22.2 Å². The van der Waals surface area contributed by atoms with Crippen molar-refractivity contribution in [3.8, 4) is 11.1 Å². The van der Waals surface area contributed by atoms with E-state index in [0.29, 0.717) is 5.92 Å². The summed E-state index contributed by atoms with van der Waals surface area (Å²) in [6, 6.07) is 3.13. The highest BCUT2D eigenvalue weighted by atomic mass is 15.2. The van der Waals surface area contributed by atoms with Gasteiger partial charge < -0.3 is 14.9 Å². The van der Waals surface area contributed by atoms with Crippen molar-refractivity contribution in [3.05, 3.63) is 36.4 Å². The highest BCUT2D eigenvalue weighted by Crippen LogP contribution is 2.37. The standard InChI is InChI=1S/C21H26N5/c1-2-8-26(9-3-1)18-6-4-15(5-7-18)16-10-19-20(17-12-24-25-13-17)14-23-21(19)22-11-16/h10-15,18H,1-9H2,(H-,22,23,24,25)/q-1. The van der Waals surface area contributed by atoms with Gasteiger partial charge in [0.25, 0.3) is 0 Å². The molecule has 26 heavy (non-hydrogen) atoms. The molecule has 0 aromatic carbocycles. The van der Waals surface area contributed by atoms with E-state index in [-0.39, 0.29) is 0 Å². The molecule has 1 aliphatic heterocycles. The summed E-state index contributed by atoms with van der Waals surface area (Å²) in [6.07, 6.45) is 17.2. The third kappa shape index (κ3) is 2.94. The molecule has 1 saturated carbocycles. The number of fused-ring (bicyclic) bond motifs is 1. The van der Waals surface area contributed by atoms with Crippen molar-refractivity contribution < 1.29 is 0 Å². The van der Waals surface area contributed by atoms with E-state index >= 15 is 0 Å². The maximum absolute atomic E-state index is 4.64. The average Bonchev–Trinajstić information content (AvgIpc) is 3.38. The van der Waals surface area contributed by atoms with Crippen molar-refractivity contribution >= 4 is 11.0 Å². The molecule has 5 nitrogen and oxygen atoms in total. The second-order valence-corrected chi connectivity index (χ2v) is 7.90. The number of likely N-dealkylation sites (tertiary alicyclic amines) is 1. The van der Waals surface area contributed by atoms with Crippen LogP contribution in [0.1, 0.15) is 56.4 Å². The summed E-state index contributed by atoms with van der Waals surface area (Å²) in [5.74, 6) is 0.639. The molecule has 5 rings (SSSR count). The molecule has 3 aromatic rings. The van der Waals surface area contributed by atoms with Gasteiger partial charge in [0.2, 0.25) is 0 Å². The quantitative estimate of drug-likeness (QED) is 0.774. The fraction of sp³-hybridized carbons (Fsp3) is 0.524. The number of nitrogens with zero attached hydrogens (tertiary/aromatic N) is 4. The van der Waals surface area contributed by atoms with Crippen LogP contribution in [0, 0.1) is 0 Å². The number of H-pyrrole nitrogens is 1. The van der Waals surface area contributed by atoms with Crippen LogP contribution in [-0.4, -0.2) is 39.2 Å². The van der Waals surface area contributed by atoms with Gasteiger partial charge in [-0.1, -0.05) is 30.5 Å². The third-order valence-corrected chi connectivity index (χ3v) is 6.38. The van der Waals surface area contributed by atoms with Gasteiger partial charge in [-0.2, -0.15) is 5.10 Å². The number of piperidine rings is 1. The van der Waals surface area contributed by atoms with Crippen LogP contribution in [0.5, 0.6) is 0 Å². The molecule has 2 aliphatic rings. The van der Waals surface area contributed by atoms with Crippen molar-refractivity contribution in [2.45, 2.75) is 56.9 Å². The Kier molecular flexibility index (Phi) is 4.25. The van der Waals surface area contributed by atoms with E-state index in [1.165, 1.54) is 63.6 Å². The third-order valence-electron chi connectivity index (χ3n) is 6.38. The first-order chi connectivity index (χ1) is 12.9. The van der Waals surface area contributed by atoms with Gasteiger partial charge in [-0.05, 0) is 74.0 Å². The van der Waals surface area contributed by atoms with Crippen molar-refractivity contribution in [1.29, 1.82) is 0 Å². The average molecular weight is 348 g/mol. The van der Waals surface area contributed by atoms with E-state index in [4.69, 9.17) is 0 Å². The van der Waals surface area contributed by atoms with Gasteiger partial charge in [-0.15, -0.1) is 0 Å². The lowest BCUT2D eigenvalue weighted by atomic mass is 9.81. The second-order valence-electron chi connectivity index (χ2n) is 7.90.